The molecule has 1 fully saturated rings. The molecule has 0 N–H and O–H groups in total. The van der Waals surface area contributed by atoms with Crippen LogP contribution in [0.5, 0.6) is 0 Å². The highest BCUT2D eigenvalue weighted by molar-refractivity contribution is 6.66. The van der Waals surface area contributed by atoms with E-state index < -0.39 is 36.8 Å². The van der Waals surface area contributed by atoms with E-state index in [1.807, 2.05) is 0 Å². The molecule has 0 aromatic carbocycles. The molecule has 0 amide bonds. The van der Waals surface area contributed by atoms with E-state index in [0.29, 0.717) is 0 Å². The second-order valence-corrected chi connectivity index (χ2v) is 7.69. The first-order valence-electron chi connectivity index (χ1n) is 4.67. The van der Waals surface area contributed by atoms with E-state index in [1.165, 1.54) is 0 Å². The van der Waals surface area contributed by atoms with Crippen LogP contribution in [0.1, 0.15) is 0 Å². The number of carbonyl (C=O) groups excluding carboxylic acids is 2. The van der Waals surface area contributed by atoms with Crippen molar-refractivity contribution in [2.75, 3.05) is 0 Å². The quantitative estimate of drug-likeness (QED) is 0.374. The first-order valence-corrected chi connectivity index (χ1v) is 7.05. The maximum Gasteiger partial charge on any atom is 0.344 e. The van der Waals surface area contributed by atoms with Crippen LogP contribution in [-0.4, -0.2) is 36.8 Å². The van der Waals surface area contributed by atoms with Crippen molar-refractivity contribution in [1.82, 2.24) is 0 Å². The van der Waals surface area contributed by atoms with Crippen molar-refractivity contribution in [1.29, 1.82) is 0 Å². The largest absolute Gasteiger partial charge is 0.386 e. The average Bonchev–Trinajstić information content (AvgIpc) is 2.68. The smallest absolute Gasteiger partial charge is 0.344 e. The fourth-order valence-corrected chi connectivity index (χ4v) is 5.72. The van der Waals surface area contributed by atoms with Gasteiger partial charge in [0.05, 0.1) is 21.9 Å². The summed E-state index contributed by atoms with van der Waals surface area (Å²) in [5.41, 5.74) is -0.378. The Balaban J connectivity index is 2.40. The van der Waals surface area contributed by atoms with Gasteiger partial charge in [-0.3, -0.25) is 0 Å². The molecule has 3 aliphatic rings. The van der Waals surface area contributed by atoms with E-state index in [2.05, 4.69) is 4.74 Å². The first-order chi connectivity index (χ1) is 8.11. The molecule has 18 heavy (non-hydrogen) atoms. The Kier molecular flexibility index (Phi) is 2.60. The van der Waals surface area contributed by atoms with Crippen LogP contribution >= 0.6 is 69.6 Å². The molecular formula is C9H2Cl6O3. The number of esters is 2. The highest BCUT2D eigenvalue weighted by Gasteiger charge is 2.85. The third-order valence-electron chi connectivity index (χ3n) is 3.50. The van der Waals surface area contributed by atoms with Crippen LogP contribution < -0.4 is 0 Å². The zero-order valence-electron chi connectivity index (χ0n) is 8.15. The second kappa shape index (κ2) is 3.44. The highest BCUT2D eigenvalue weighted by atomic mass is 35.5. The number of rotatable bonds is 0. The van der Waals surface area contributed by atoms with Gasteiger partial charge in [-0.2, -0.15) is 0 Å². The Hall–Kier alpha value is 0.620. The number of hydrogen-bond acceptors (Lipinski definition) is 3. The Morgan fingerprint density at radius 3 is 1.50 bits per heavy atom. The van der Waals surface area contributed by atoms with Crippen molar-refractivity contribution in [3.63, 3.8) is 0 Å². The van der Waals surface area contributed by atoms with E-state index in [0.717, 1.165) is 0 Å². The van der Waals surface area contributed by atoms with Gasteiger partial charge in [-0.15, -0.1) is 46.4 Å². The van der Waals surface area contributed by atoms with Crippen LogP contribution in [0.25, 0.3) is 0 Å². The van der Waals surface area contributed by atoms with Crippen LogP contribution in [0.3, 0.4) is 0 Å². The second-order valence-electron chi connectivity index (χ2n) is 4.23. The number of fused-ring (bicyclic) bond motifs is 4. The molecule has 0 aromatic rings. The first kappa shape index (κ1) is 13.6. The van der Waals surface area contributed by atoms with Gasteiger partial charge in [-0.25, -0.2) is 9.59 Å². The van der Waals surface area contributed by atoms with Crippen molar-refractivity contribution < 1.29 is 14.3 Å². The van der Waals surface area contributed by atoms with Crippen LogP contribution in [0, 0.1) is 0 Å². The third kappa shape index (κ3) is 1.03. The number of cyclic esters (lactones) is 2. The molecule has 2 bridgehead atoms. The zero-order valence-corrected chi connectivity index (χ0v) is 12.7. The molecule has 1 saturated carbocycles. The predicted octanol–water partition coefficient (Wildman–Crippen LogP) is 2.74. The maximum absolute atomic E-state index is 11.7. The van der Waals surface area contributed by atoms with Gasteiger partial charge in [0.15, 0.2) is 4.33 Å². The summed E-state index contributed by atoms with van der Waals surface area (Å²) in [5.74, 6) is -1.88. The van der Waals surface area contributed by atoms with Gasteiger partial charge in [0, 0.05) is 0 Å². The monoisotopic (exact) mass is 368 g/mol. The van der Waals surface area contributed by atoms with Crippen LogP contribution in [0.15, 0.2) is 11.1 Å². The number of carbonyl (C=O) groups is 2. The normalized spacial score (nSPS) is 48.8. The average molecular weight is 371 g/mol. The van der Waals surface area contributed by atoms with Gasteiger partial charge >= 0.3 is 11.9 Å². The minimum Gasteiger partial charge on any atom is -0.386 e. The number of ether oxygens (including phenoxy) is 1. The fraction of sp³-hybridized carbons (Fsp3) is 0.556. The molecule has 0 saturated heterocycles. The molecule has 98 valence electrons. The molecular weight excluding hydrogens is 369 g/mol. The summed E-state index contributed by atoms with van der Waals surface area (Å²) < 4.78 is 2.59. The van der Waals surface area contributed by atoms with Crippen LogP contribution in [-0.2, 0) is 14.3 Å². The molecule has 4 unspecified atom stereocenters. The van der Waals surface area contributed by atoms with Crippen molar-refractivity contribution >= 4 is 81.5 Å². The Morgan fingerprint density at radius 1 is 0.833 bits per heavy atom. The highest BCUT2D eigenvalue weighted by Crippen LogP contribution is 2.74. The van der Waals surface area contributed by atoms with E-state index in [9.17, 15) is 9.59 Å². The molecule has 3 rings (SSSR count). The summed E-state index contributed by atoms with van der Waals surface area (Å²) in [5, 5.41) is -2.05. The molecule has 0 radical (unpaired) electrons. The lowest BCUT2D eigenvalue weighted by Gasteiger charge is -2.33. The summed E-state index contributed by atoms with van der Waals surface area (Å²) in [6.45, 7) is 0. The lowest BCUT2D eigenvalue weighted by Crippen LogP contribution is -2.48. The Bertz CT molecular complexity index is 498. The van der Waals surface area contributed by atoms with E-state index in [1.54, 1.807) is 0 Å². The van der Waals surface area contributed by atoms with Crippen molar-refractivity contribution in [3.05, 3.63) is 11.1 Å². The molecule has 0 aromatic heterocycles. The Labute approximate surface area is 131 Å². The van der Waals surface area contributed by atoms with Gasteiger partial charge in [0.25, 0.3) is 0 Å². The van der Waals surface area contributed by atoms with Gasteiger partial charge in [0.2, 0.25) is 0 Å². The SMILES string of the molecule is O=C1OC(=O)C2=C1C1(Cl)C(Cl)C(Cl)C2(Cl)C1(Cl)Cl. The number of alkyl halides is 6. The van der Waals surface area contributed by atoms with E-state index >= 15 is 0 Å². The summed E-state index contributed by atoms with van der Waals surface area (Å²) in [7, 11) is 0. The van der Waals surface area contributed by atoms with Crippen molar-refractivity contribution in [2.24, 2.45) is 0 Å². The van der Waals surface area contributed by atoms with Gasteiger partial charge in [0.1, 0.15) is 9.75 Å². The Morgan fingerprint density at radius 2 is 1.17 bits per heavy atom. The molecule has 9 heteroatoms. The summed E-state index contributed by atoms with van der Waals surface area (Å²) in [6.07, 6.45) is 0. The van der Waals surface area contributed by atoms with Crippen LogP contribution in [0.4, 0.5) is 0 Å². The molecule has 4 atom stereocenters. The predicted molar refractivity (Wildman–Crippen MR) is 69.0 cm³/mol. The topological polar surface area (TPSA) is 43.4 Å². The molecule has 2 aliphatic carbocycles. The molecule has 0 spiro atoms. The summed E-state index contributed by atoms with van der Waals surface area (Å²) >= 11 is 37.1. The minimum absolute atomic E-state index is 0.189. The number of hydrogen-bond donors (Lipinski definition) is 0. The third-order valence-corrected chi connectivity index (χ3v) is 8.01. The molecule has 3 nitrogen and oxygen atoms in total. The van der Waals surface area contributed by atoms with Gasteiger partial charge in [-0.1, -0.05) is 23.2 Å². The van der Waals surface area contributed by atoms with Gasteiger partial charge in [-0.05, 0) is 0 Å². The fourth-order valence-electron chi connectivity index (χ4n) is 2.66. The van der Waals surface area contributed by atoms with E-state index in [4.69, 9.17) is 69.6 Å². The maximum atomic E-state index is 11.7. The van der Waals surface area contributed by atoms with Crippen LogP contribution in [0.2, 0.25) is 0 Å². The molecule has 1 heterocycles. The van der Waals surface area contributed by atoms with Gasteiger partial charge < -0.3 is 4.74 Å². The van der Waals surface area contributed by atoms with Crippen molar-refractivity contribution in [3.8, 4) is 0 Å². The zero-order chi connectivity index (χ0) is 13.7. The van der Waals surface area contributed by atoms with Crippen molar-refractivity contribution in [2.45, 2.75) is 24.8 Å². The standard InChI is InChI=1S/C9H2Cl6O3/c10-3-4(11)8(13)2-1(5(16)18-6(2)17)7(3,12)9(8,14)15/h3-4H. The number of halogens is 6. The lowest BCUT2D eigenvalue weighted by atomic mass is 9.91. The summed E-state index contributed by atoms with van der Waals surface area (Å²) in [4.78, 5) is 19.8. The minimum atomic E-state index is -1.89. The van der Waals surface area contributed by atoms with E-state index in [-0.39, 0.29) is 11.1 Å². The lowest BCUT2D eigenvalue weighted by molar-refractivity contribution is -0.151. The summed E-state index contributed by atoms with van der Waals surface area (Å²) in [6, 6.07) is 0. The molecule has 1 aliphatic heterocycles.